The second-order valence-corrected chi connectivity index (χ2v) is 5.44. The van der Waals surface area contributed by atoms with Crippen LogP contribution in [0, 0.1) is 0 Å². The molecule has 0 spiro atoms. The second kappa shape index (κ2) is 5.10. The Morgan fingerprint density at radius 3 is 2.59 bits per heavy atom. The van der Waals surface area contributed by atoms with Crippen molar-refractivity contribution in [2.24, 2.45) is 0 Å². The lowest BCUT2D eigenvalue weighted by molar-refractivity contribution is 0.208. The maximum atomic E-state index is 11.6. The van der Waals surface area contributed by atoms with Crippen molar-refractivity contribution in [3.05, 3.63) is 20.4 Å². The van der Waals surface area contributed by atoms with Gasteiger partial charge in [-0.25, -0.2) is 0 Å². The van der Waals surface area contributed by atoms with Crippen molar-refractivity contribution in [1.82, 2.24) is 0 Å². The van der Waals surface area contributed by atoms with Crippen molar-refractivity contribution >= 4 is 23.1 Å². The molecule has 1 aliphatic rings. The molecule has 0 unspecified atom stereocenters. The van der Waals surface area contributed by atoms with Gasteiger partial charge in [0.25, 0.3) is 10.9 Å². The van der Waals surface area contributed by atoms with E-state index in [2.05, 4.69) is 5.32 Å². The van der Waals surface area contributed by atoms with Gasteiger partial charge in [-0.15, -0.1) is 0 Å². The lowest BCUT2D eigenvalue weighted by Gasteiger charge is -2.30. The molecule has 6 heteroatoms. The van der Waals surface area contributed by atoms with E-state index in [-0.39, 0.29) is 0 Å². The highest BCUT2D eigenvalue weighted by molar-refractivity contribution is 7.99. The van der Waals surface area contributed by atoms with Crippen LogP contribution in [0.4, 0.5) is 11.4 Å². The maximum Gasteiger partial charge on any atom is 0.253 e. The van der Waals surface area contributed by atoms with Crippen LogP contribution in [0.2, 0.25) is 0 Å². The predicted molar refractivity (Wildman–Crippen MR) is 71.1 cm³/mol. The van der Waals surface area contributed by atoms with Crippen molar-refractivity contribution in [3.8, 4) is 0 Å². The molecule has 0 aliphatic carbocycles. The van der Waals surface area contributed by atoms with E-state index in [0.29, 0.717) is 17.9 Å². The van der Waals surface area contributed by atoms with E-state index >= 15 is 0 Å². The van der Waals surface area contributed by atoms with Gasteiger partial charge in [-0.2, -0.15) is 11.8 Å². The number of nitrogens with zero attached hydrogens (tertiary/aromatic N) is 1. The van der Waals surface area contributed by atoms with Gasteiger partial charge >= 0.3 is 0 Å². The number of anilines is 2. The van der Waals surface area contributed by atoms with Crippen molar-refractivity contribution in [2.75, 3.05) is 41.4 Å². The van der Waals surface area contributed by atoms with Crippen LogP contribution in [-0.4, -0.2) is 42.4 Å². The molecule has 1 aromatic rings. The summed E-state index contributed by atoms with van der Waals surface area (Å²) in [4.78, 5) is 25.0. The van der Waals surface area contributed by atoms with Gasteiger partial charge in [-0.1, -0.05) is 0 Å². The van der Waals surface area contributed by atoms with Crippen LogP contribution in [0.25, 0.3) is 0 Å². The molecule has 5 nitrogen and oxygen atoms in total. The van der Waals surface area contributed by atoms with Crippen LogP contribution in [0.15, 0.2) is 9.59 Å². The summed E-state index contributed by atoms with van der Waals surface area (Å²) in [7, 11) is 0. The van der Waals surface area contributed by atoms with E-state index in [0.717, 1.165) is 24.6 Å². The van der Waals surface area contributed by atoms with E-state index in [1.165, 1.54) is 0 Å². The molecule has 1 fully saturated rings. The average molecular weight is 256 g/mol. The molecule has 1 aromatic carbocycles. The molecule has 2 N–H and O–H groups in total. The molecule has 2 rings (SSSR count). The van der Waals surface area contributed by atoms with Crippen LogP contribution in [0.3, 0.4) is 0 Å². The van der Waals surface area contributed by atoms with Crippen molar-refractivity contribution in [3.63, 3.8) is 0 Å². The quantitative estimate of drug-likeness (QED) is 0.716. The van der Waals surface area contributed by atoms with Crippen LogP contribution in [0.5, 0.6) is 0 Å². The predicted octanol–water partition coefficient (Wildman–Crippen LogP) is -0.372. The molecule has 0 radical (unpaired) electrons. The number of thioether (sulfide) groups is 1. The fraction of sp³-hybridized carbons (Fsp3) is 0.636. The Bertz CT molecular complexity index is 459. The minimum absolute atomic E-state index is 0.292. The topological polar surface area (TPSA) is 69.6 Å². The average Bonchev–Trinajstić information content (AvgIpc) is 2.34. The molecule has 0 amide bonds. The van der Waals surface area contributed by atoms with Gasteiger partial charge in [0.1, 0.15) is 11.4 Å². The zero-order chi connectivity index (χ0) is 12.4. The smallest absolute Gasteiger partial charge is 0.253 e. The Hall–Kier alpha value is -1.01. The fourth-order valence-corrected chi connectivity index (χ4v) is 2.79. The molecule has 1 saturated heterocycles. The van der Waals surface area contributed by atoms with E-state index in [1.54, 1.807) is 6.92 Å². The molecule has 1 heterocycles. The first-order chi connectivity index (χ1) is 8.11. The Morgan fingerprint density at radius 2 is 2.00 bits per heavy atom. The SMILES string of the molecule is C[C@H](O)CNc1c(N2CCSCC2)c(=O)c1=O. The van der Waals surface area contributed by atoms with Crippen LogP contribution in [0.1, 0.15) is 6.92 Å². The summed E-state index contributed by atoms with van der Waals surface area (Å²) >= 11 is 1.85. The van der Waals surface area contributed by atoms with E-state index in [4.69, 9.17) is 0 Å². The number of nitrogens with one attached hydrogen (secondary N) is 1. The second-order valence-electron chi connectivity index (χ2n) is 4.21. The Kier molecular flexibility index (Phi) is 3.73. The molecule has 0 saturated carbocycles. The monoisotopic (exact) mass is 256 g/mol. The largest absolute Gasteiger partial charge is 0.392 e. The standard InChI is InChI=1S/C11H16N2O3S/c1-7(14)6-12-8-9(11(16)10(8)15)13-2-4-17-5-3-13/h7,12,14H,2-6H2,1H3/t7-/m0/s1. The van der Waals surface area contributed by atoms with Crippen LogP contribution in [-0.2, 0) is 0 Å². The molecule has 17 heavy (non-hydrogen) atoms. The Morgan fingerprint density at radius 1 is 1.35 bits per heavy atom. The first kappa shape index (κ1) is 12.4. The summed E-state index contributed by atoms with van der Waals surface area (Å²) in [6.07, 6.45) is -0.538. The lowest BCUT2D eigenvalue weighted by atomic mass is 10.1. The summed E-state index contributed by atoms with van der Waals surface area (Å²) in [6.45, 7) is 3.54. The number of hydrogen-bond donors (Lipinski definition) is 2. The minimum Gasteiger partial charge on any atom is -0.392 e. The van der Waals surface area contributed by atoms with Gasteiger partial charge in [0, 0.05) is 31.1 Å². The van der Waals surface area contributed by atoms with Crippen molar-refractivity contribution in [2.45, 2.75) is 13.0 Å². The number of aliphatic hydroxyl groups is 1. The fourth-order valence-electron chi connectivity index (χ4n) is 1.88. The van der Waals surface area contributed by atoms with Crippen molar-refractivity contribution in [1.29, 1.82) is 0 Å². The first-order valence-corrected chi connectivity index (χ1v) is 6.84. The maximum absolute atomic E-state index is 11.6. The number of hydrogen-bond acceptors (Lipinski definition) is 6. The minimum atomic E-state index is -0.538. The molecular formula is C11H16N2O3S. The molecule has 0 aromatic heterocycles. The van der Waals surface area contributed by atoms with E-state index < -0.39 is 17.0 Å². The first-order valence-electron chi connectivity index (χ1n) is 5.69. The van der Waals surface area contributed by atoms with Crippen LogP contribution < -0.4 is 21.1 Å². The third-order valence-corrected chi connectivity index (χ3v) is 3.73. The van der Waals surface area contributed by atoms with Crippen LogP contribution >= 0.6 is 11.8 Å². The highest BCUT2D eigenvalue weighted by Crippen LogP contribution is 2.23. The Labute approximate surface area is 104 Å². The zero-order valence-electron chi connectivity index (χ0n) is 9.73. The third-order valence-electron chi connectivity index (χ3n) is 2.79. The molecule has 1 atom stereocenters. The third kappa shape index (κ3) is 2.47. The van der Waals surface area contributed by atoms with Gasteiger partial charge in [0.05, 0.1) is 6.10 Å². The summed E-state index contributed by atoms with van der Waals surface area (Å²) in [5.74, 6) is 1.96. The molecule has 94 valence electrons. The van der Waals surface area contributed by atoms with Crippen molar-refractivity contribution < 1.29 is 5.11 Å². The molecular weight excluding hydrogens is 240 g/mol. The lowest BCUT2D eigenvalue weighted by Crippen LogP contribution is -2.46. The number of aliphatic hydroxyl groups excluding tert-OH is 1. The van der Waals surface area contributed by atoms with Gasteiger partial charge in [-0.3, -0.25) is 9.59 Å². The van der Waals surface area contributed by atoms with Gasteiger partial charge in [0.15, 0.2) is 0 Å². The van der Waals surface area contributed by atoms with Gasteiger partial charge in [0.2, 0.25) is 0 Å². The molecule has 0 bridgehead atoms. The summed E-state index contributed by atoms with van der Waals surface area (Å²) in [6, 6.07) is 0. The van der Waals surface area contributed by atoms with Gasteiger partial charge < -0.3 is 15.3 Å². The highest BCUT2D eigenvalue weighted by atomic mass is 32.2. The Balaban J connectivity index is 2.13. The summed E-state index contributed by atoms with van der Waals surface area (Å²) in [5.41, 5.74) is 0.0302. The normalized spacial score (nSPS) is 18.4. The summed E-state index contributed by atoms with van der Waals surface area (Å²) in [5, 5.41) is 12.0. The van der Waals surface area contributed by atoms with Gasteiger partial charge in [-0.05, 0) is 6.92 Å². The summed E-state index contributed by atoms with van der Waals surface area (Å²) < 4.78 is 0. The van der Waals surface area contributed by atoms with E-state index in [1.807, 2.05) is 16.7 Å². The zero-order valence-corrected chi connectivity index (χ0v) is 10.5. The van der Waals surface area contributed by atoms with E-state index in [9.17, 15) is 14.7 Å². The number of rotatable bonds is 4. The molecule has 1 aliphatic heterocycles. The highest BCUT2D eigenvalue weighted by Gasteiger charge is 2.26.